The Kier molecular flexibility index (Phi) is 2.77. The summed E-state index contributed by atoms with van der Waals surface area (Å²) in [6.45, 7) is 0.619. The highest BCUT2D eigenvalue weighted by Crippen LogP contribution is 2.17. The van der Waals surface area contributed by atoms with Crippen LogP contribution in [0.1, 0.15) is 19.3 Å². The number of carbonyl (C=O) groups excluding carboxylic acids is 1. The summed E-state index contributed by atoms with van der Waals surface area (Å²) < 4.78 is 0. The standard InChI is InChI=1S/C9H13N5O/c10-3-1-2-7-6-8(15)14(13-7)9-11-4-5-12-9/h4-5H,1-3,6,10H2,(H,11,12). The summed E-state index contributed by atoms with van der Waals surface area (Å²) in [5.74, 6) is 0.430. The number of aromatic nitrogens is 2. The molecule has 1 aliphatic heterocycles. The zero-order valence-electron chi connectivity index (χ0n) is 8.31. The Morgan fingerprint density at radius 2 is 2.47 bits per heavy atom. The largest absolute Gasteiger partial charge is 0.330 e. The molecule has 0 atom stereocenters. The fraction of sp³-hybridized carbons (Fsp3) is 0.444. The van der Waals surface area contributed by atoms with Gasteiger partial charge in [0.15, 0.2) is 0 Å². The fourth-order valence-corrected chi connectivity index (χ4v) is 1.46. The van der Waals surface area contributed by atoms with E-state index in [1.165, 1.54) is 5.01 Å². The lowest BCUT2D eigenvalue weighted by molar-refractivity contribution is -0.117. The van der Waals surface area contributed by atoms with Gasteiger partial charge in [0, 0.05) is 18.1 Å². The van der Waals surface area contributed by atoms with Crippen molar-refractivity contribution in [2.75, 3.05) is 11.6 Å². The Hall–Kier alpha value is -1.69. The van der Waals surface area contributed by atoms with Gasteiger partial charge in [0.25, 0.3) is 5.91 Å². The molecule has 0 spiro atoms. The predicted octanol–water partition coefficient (Wildman–Crippen LogP) is 0.241. The number of rotatable bonds is 4. The first kappa shape index (κ1) is 9.85. The number of nitrogens with zero attached hydrogens (tertiary/aromatic N) is 3. The highest BCUT2D eigenvalue weighted by molar-refractivity contribution is 6.12. The molecule has 1 aliphatic rings. The first-order valence-electron chi connectivity index (χ1n) is 4.90. The number of hydrogen-bond acceptors (Lipinski definition) is 4. The van der Waals surface area contributed by atoms with Crippen molar-refractivity contribution in [1.82, 2.24) is 9.97 Å². The summed E-state index contributed by atoms with van der Waals surface area (Å²) in [6.07, 6.45) is 5.27. The molecule has 0 fully saturated rings. The van der Waals surface area contributed by atoms with E-state index < -0.39 is 0 Å². The minimum atomic E-state index is -0.0445. The van der Waals surface area contributed by atoms with Crippen molar-refractivity contribution >= 4 is 17.6 Å². The van der Waals surface area contributed by atoms with Gasteiger partial charge in [-0.3, -0.25) is 4.79 Å². The Labute approximate surface area is 87.2 Å². The maximum atomic E-state index is 11.6. The van der Waals surface area contributed by atoms with E-state index in [0.29, 0.717) is 18.9 Å². The summed E-state index contributed by atoms with van der Waals surface area (Å²) in [4.78, 5) is 18.4. The third-order valence-electron chi connectivity index (χ3n) is 2.19. The van der Waals surface area contributed by atoms with Gasteiger partial charge in [0.1, 0.15) is 0 Å². The fourth-order valence-electron chi connectivity index (χ4n) is 1.46. The molecule has 2 rings (SSSR count). The molecule has 6 nitrogen and oxygen atoms in total. The van der Waals surface area contributed by atoms with Crippen LogP contribution in [0.3, 0.4) is 0 Å². The van der Waals surface area contributed by atoms with E-state index in [2.05, 4.69) is 15.1 Å². The molecule has 3 N–H and O–H groups in total. The van der Waals surface area contributed by atoms with Crippen LogP contribution in [0.5, 0.6) is 0 Å². The van der Waals surface area contributed by atoms with Gasteiger partial charge in [-0.15, -0.1) is 0 Å². The molecule has 15 heavy (non-hydrogen) atoms. The van der Waals surface area contributed by atoms with E-state index in [1.54, 1.807) is 12.4 Å². The first-order valence-corrected chi connectivity index (χ1v) is 4.90. The van der Waals surface area contributed by atoms with Crippen molar-refractivity contribution in [3.63, 3.8) is 0 Å². The normalized spacial score (nSPS) is 15.9. The summed E-state index contributed by atoms with van der Waals surface area (Å²) in [5.41, 5.74) is 6.28. The first-order chi connectivity index (χ1) is 7.31. The summed E-state index contributed by atoms with van der Waals surface area (Å²) >= 11 is 0. The predicted molar refractivity (Wildman–Crippen MR) is 56.4 cm³/mol. The lowest BCUT2D eigenvalue weighted by atomic mass is 10.1. The van der Waals surface area contributed by atoms with Gasteiger partial charge in [-0.1, -0.05) is 0 Å². The zero-order valence-corrected chi connectivity index (χ0v) is 8.31. The van der Waals surface area contributed by atoms with Crippen molar-refractivity contribution in [3.8, 4) is 0 Å². The lowest BCUT2D eigenvalue weighted by Gasteiger charge is -2.05. The molecule has 80 valence electrons. The Bertz CT molecular complexity index is 370. The summed E-state index contributed by atoms with van der Waals surface area (Å²) in [7, 11) is 0. The molecule has 1 amide bonds. The minimum Gasteiger partial charge on any atom is -0.330 e. The second kappa shape index (κ2) is 4.22. The number of imidazole rings is 1. The molecule has 0 aromatic carbocycles. The third-order valence-corrected chi connectivity index (χ3v) is 2.19. The van der Waals surface area contributed by atoms with Gasteiger partial charge >= 0.3 is 0 Å². The van der Waals surface area contributed by atoms with E-state index in [4.69, 9.17) is 5.73 Å². The van der Waals surface area contributed by atoms with Crippen molar-refractivity contribution in [2.45, 2.75) is 19.3 Å². The van der Waals surface area contributed by atoms with Crippen LogP contribution in [0.15, 0.2) is 17.5 Å². The second-order valence-electron chi connectivity index (χ2n) is 3.35. The molecule has 0 aliphatic carbocycles. The number of H-pyrrole nitrogens is 1. The van der Waals surface area contributed by atoms with Crippen LogP contribution in [0.25, 0.3) is 0 Å². The Morgan fingerprint density at radius 3 is 3.13 bits per heavy atom. The summed E-state index contributed by atoms with van der Waals surface area (Å²) in [5, 5.41) is 5.51. The molecule has 0 saturated heterocycles. The van der Waals surface area contributed by atoms with Crippen LogP contribution in [-0.4, -0.2) is 28.1 Å². The number of anilines is 1. The highest BCUT2D eigenvalue weighted by atomic mass is 16.2. The van der Waals surface area contributed by atoms with Crippen molar-refractivity contribution in [3.05, 3.63) is 12.4 Å². The van der Waals surface area contributed by atoms with Crippen molar-refractivity contribution in [1.29, 1.82) is 0 Å². The van der Waals surface area contributed by atoms with E-state index in [0.717, 1.165) is 18.6 Å². The Morgan fingerprint density at radius 1 is 1.60 bits per heavy atom. The molecule has 1 aromatic rings. The molecular formula is C9H13N5O. The molecule has 0 bridgehead atoms. The second-order valence-corrected chi connectivity index (χ2v) is 3.35. The number of nitrogens with one attached hydrogen (secondary N) is 1. The van der Waals surface area contributed by atoms with Crippen LogP contribution in [0.4, 0.5) is 5.95 Å². The third kappa shape index (κ3) is 2.04. The van der Waals surface area contributed by atoms with Gasteiger partial charge in [0.2, 0.25) is 5.95 Å². The van der Waals surface area contributed by atoms with Crippen molar-refractivity contribution < 1.29 is 4.79 Å². The zero-order chi connectivity index (χ0) is 10.7. The topological polar surface area (TPSA) is 87.4 Å². The van der Waals surface area contributed by atoms with Gasteiger partial charge < -0.3 is 10.7 Å². The smallest absolute Gasteiger partial charge is 0.255 e. The van der Waals surface area contributed by atoms with Gasteiger partial charge in [-0.25, -0.2) is 4.98 Å². The summed E-state index contributed by atoms with van der Waals surface area (Å²) in [6, 6.07) is 0. The average molecular weight is 207 g/mol. The maximum absolute atomic E-state index is 11.6. The van der Waals surface area contributed by atoms with E-state index in [1.807, 2.05) is 0 Å². The SMILES string of the molecule is NCCCC1=NN(c2ncc[nH]2)C(=O)C1. The van der Waals surface area contributed by atoms with E-state index >= 15 is 0 Å². The molecule has 6 heteroatoms. The van der Waals surface area contributed by atoms with E-state index in [9.17, 15) is 4.79 Å². The number of aromatic amines is 1. The molecule has 1 aromatic heterocycles. The quantitative estimate of drug-likeness (QED) is 0.741. The van der Waals surface area contributed by atoms with Gasteiger partial charge in [-0.05, 0) is 19.4 Å². The van der Waals surface area contributed by atoms with Crippen LogP contribution < -0.4 is 10.7 Å². The number of hydrazone groups is 1. The van der Waals surface area contributed by atoms with Gasteiger partial charge in [-0.2, -0.15) is 10.1 Å². The monoisotopic (exact) mass is 207 g/mol. The number of nitrogens with two attached hydrogens (primary N) is 1. The molecule has 0 radical (unpaired) electrons. The van der Waals surface area contributed by atoms with Crippen LogP contribution >= 0.6 is 0 Å². The van der Waals surface area contributed by atoms with Crippen LogP contribution in [0, 0.1) is 0 Å². The van der Waals surface area contributed by atoms with Crippen molar-refractivity contribution in [2.24, 2.45) is 10.8 Å². The lowest BCUT2D eigenvalue weighted by Crippen LogP contribution is -2.20. The number of hydrogen-bond donors (Lipinski definition) is 2. The van der Waals surface area contributed by atoms with E-state index in [-0.39, 0.29) is 5.91 Å². The van der Waals surface area contributed by atoms with Gasteiger partial charge in [0.05, 0.1) is 6.42 Å². The molecule has 0 unspecified atom stereocenters. The molecule has 2 heterocycles. The maximum Gasteiger partial charge on any atom is 0.255 e. The molecular weight excluding hydrogens is 194 g/mol. The Balaban J connectivity index is 2.07. The average Bonchev–Trinajstić information content (AvgIpc) is 2.83. The number of amides is 1. The molecule has 0 saturated carbocycles. The minimum absolute atomic E-state index is 0.0445. The van der Waals surface area contributed by atoms with Crippen LogP contribution in [0.2, 0.25) is 0 Å². The number of carbonyl (C=O) groups is 1. The highest BCUT2D eigenvalue weighted by Gasteiger charge is 2.25. The van der Waals surface area contributed by atoms with Crippen LogP contribution in [-0.2, 0) is 4.79 Å².